The number of hydrogen-bond acceptors (Lipinski definition) is 4. The Kier molecular flexibility index (Phi) is 6.75. The summed E-state index contributed by atoms with van der Waals surface area (Å²) in [4.78, 5) is 38.2. The van der Waals surface area contributed by atoms with Crippen molar-refractivity contribution in [1.82, 2.24) is 10.2 Å². The minimum Gasteiger partial charge on any atom is -0.481 e. The van der Waals surface area contributed by atoms with Crippen LogP contribution in [0.3, 0.4) is 0 Å². The van der Waals surface area contributed by atoms with Gasteiger partial charge in [-0.25, -0.2) is 4.79 Å². The monoisotopic (exact) mass is 476 g/mol. The smallest absolute Gasteiger partial charge is 0.407 e. The van der Waals surface area contributed by atoms with Gasteiger partial charge in [0.1, 0.15) is 6.61 Å². The maximum absolute atomic E-state index is 12.8. The first-order chi connectivity index (χ1) is 17.0. The van der Waals surface area contributed by atoms with Crippen molar-refractivity contribution in [2.75, 3.05) is 13.2 Å². The molecule has 2 aliphatic carbocycles. The van der Waals surface area contributed by atoms with Crippen LogP contribution >= 0.6 is 0 Å². The number of ether oxygens (including phenoxy) is 1. The zero-order valence-electron chi connectivity index (χ0n) is 19.8. The van der Waals surface area contributed by atoms with E-state index in [2.05, 4.69) is 29.6 Å². The predicted molar refractivity (Wildman–Crippen MR) is 131 cm³/mol. The van der Waals surface area contributed by atoms with Gasteiger partial charge in [0.05, 0.1) is 6.42 Å². The number of carboxylic acid groups (broad SMARTS) is 1. The molecule has 2 N–H and O–H groups in total. The van der Waals surface area contributed by atoms with Crippen LogP contribution in [0.5, 0.6) is 0 Å². The SMILES string of the molecule is O=C(O)C[C@@H]1CCCN1C(=O)C[C@@H]1CC[C@H](NC(=O)OCC2c3ccccc3-c3ccccc32)C1. The van der Waals surface area contributed by atoms with Gasteiger partial charge in [-0.2, -0.15) is 0 Å². The fraction of sp³-hybridized carbons (Fsp3) is 0.464. The van der Waals surface area contributed by atoms with E-state index in [0.717, 1.165) is 32.1 Å². The first-order valence-corrected chi connectivity index (χ1v) is 12.6. The average molecular weight is 477 g/mol. The largest absolute Gasteiger partial charge is 0.481 e. The van der Waals surface area contributed by atoms with Crippen LogP contribution < -0.4 is 5.32 Å². The van der Waals surface area contributed by atoms with Gasteiger partial charge in [0.2, 0.25) is 5.91 Å². The van der Waals surface area contributed by atoms with Gasteiger partial charge in [0, 0.05) is 31.0 Å². The number of carboxylic acids is 1. The van der Waals surface area contributed by atoms with Crippen LogP contribution in [0.15, 0.2) is 48.5 Å². The van der Waals surface area contributed by atoms with Crippen molar-refractivity contribution in [3.8, 4) is 11.1 Å². The molecule has 184 valence electrons. The number of aliphatic carboxylic acids is 1. The van der Waals surface area contributed by atoms with E-state index in [1.54, 1.807) is 4.90 Å². The molecule has 2 aromatic rings. The molecule has 1 heterocycles. The van der Waals surface area contributed by atoms with Crippen LogP contribution in [0.2, 0.25) is 0 Å². The quantitative estimate of drug-likeness (QED) is 0.611. The summed E-state index contributed by atoms with van der Waals surface area (Å²) in [5.74, 6) is -0.586. The summed E-state index contributed by atoms with van der Waals surface area (Å²) in [5.41, 5.74) is 4.76. The predicted octanol–water partition coefficient (Wildman–Crippen LogP) is 4.55. The minimum absolute atomic E-state index is 0.00292. The second kappa shape index (κ2) is 10.1. The molecule has 3 aliphatic rings. The highest BCUT2D eigenvalue weighted by Gasteiger charge is 2.34. The van der Waals surface area contributed by atoms with Crippen LogP contribution in [-0.2, 0) is 14.3 Å². The Morgan fingerprint density at radius 1 is 0.943 bits per heavy atom. The van der Waals surface area contributed by atoms with E-state index in [1.807, 2.05) is 24.3 Å². The first kappa shape index (κ1) is 23.4. The van der Waals surface area contributed by atoms with Gasteiger partial charge in [-0.05, 0) is 60.3 Å². The highest BCUT2D eigenvalue weighted by atomic mass is 16.5. The summed E-state index contributed by atoms with van der Waals surface area (Å²) in [7, 11) is 0. The Balaban J connectivity index is 1.11. The highest BCUT2D eigenvalue weighted by molar-refractivity contribution is 5.79. The summed E-state index contributed by atoms with van der Waals surface area (Å²) < 4.78 is 5.67. The number of carbonyl (C=O) groups excluding carboxylic acids is 2. The van der Waals surface area contributed by atoms with Gasteiger partial charge in [-0.1, -0.05) is 48.5 Å². The lowest BCUT2D eigenvalue weighted by Crippen LogP contribution is -2.38. The number of nitrogens with one attached hydrogen (secondary N) is 1. The molecule has 1 aliphatic heterocycles. The van der Waals surface area contributed by atoms with E-state index >= 15 is 0 Å². The van der Waals surface area contributed by atoms with E-state index < -0.39 is 12.1 Å². The van der Waals surface area contributed by atoms with E-state index in [9.17, 15) is 14.4 Å². The second-order valence-electron chi connectivity index (χ2n) is 10.0. The normalized spacial score (nSPS) is 23.1. The molecule has 0 radical (unpaired) electrons. The molecular formula is C28H32N2O5. The maximum atomic E-state index is 12.8. The maximum Gasteiger partial charge on any atom is 0.407 e. The van der Waals surface area contributed by atoms with Crippen molar-refractivity contribution < 1.29 is 24.2 Å². The number of alkyl carbamates (subject to hydrolysis) is 1. The molecule has 0 spiro atoms. The average Bonchev–Trinajstić information content (AvgIpc) is 3.55. The minimum atomic E-state index is -0.858. The number of carbonyl (C=O) groups is 3. The zero-order valence-corrected chi connectivity index (χ0v) is 19.8. The Labute approximate surface area is 205 Å². The van der Waals surface area contributed by atoms with E-state index in [4.69, 9.17) is 9.84 Å². The van der Waals surface area contributed by atoms with Crippen molar-refractivity contribution >= 4 is 18.0 Å². The molecule has 2 aromatic carbocycles. The summed E-state index contributed by atoms with van der Waals surface area (Å²) in [6, 6.07) is 16.3. The van der Waals surface area contributed by atoms with Crippen molar-refractivity contribution in [3.63, 3.8) is 0 Å². The van der Waals surface area contributed by atoms with Gasteiger partial charge < -0.3 is 20.1 Å². The van der Waals surface area contributed by atoms with Crippen LogP contribution in [-0.4, -0.2) is 53.2 Å². The first-order valence-electron chi connectivity index (χ1n) is 12.6. The van der Waals surface area contributed by atoms with Crippen molar-refractivity contribution in [2.45, 2.75) is 62.9 Å². The summed E-state index contributed by atoms with van der Waals surface area (Å²) in [6.07, 6.45) is 4.08. The van der Waals surface area contributed by atoms with Crippen molar-refractivity contribution in [2.24, 2.45) is 5.92 Å². The van der Waals surface area contributed by atoms with E-state index in [-0.39, 0.29) is 42.9 Å². The summed E-state index contributed by atoms with van der Waals surface area (Å²) in [6.45, 7) is 0.930. The number of nitrogens with zero attached hydrogens (tertiary/aromatic N) is 1. The van der Waals surface area contributed by atoms with Crippen molar-refractivity contribution in [3.05, 3.63) is 59.7 Å². The fourth-order valence-corrected chi connectivity index (χ4v) is 6.14. The molecule has 7 heteroatoms. The van der Waals surface area contributed by atoms with Gasteiger partial charge in [0.25, 0.3) is 0 Å². The molecule has 3 atom stereocenters. The Morgan fingerprint density at radius 3 is 2.31 bits per heavy atom. The standard InChI is InChI=1S/C28H32N2O5/c31-26(30-13-5-6-20(30)16-27(32)33)15-18-11-12-19(14-18)29-28(34)35-17-25-23-9-3-1-7-21(23)22-8-2-4-10-24(22)25/h1-4,7-10,18-20,25H,5-6,11-17H2,(H,29,34)(H,32,33)/t18-,19+,20+/m1/s1. The Bertz CT molecular complexity index is 1070. The van der Waals surface area contributed by atoms with Crippen LogP contribution in [0.25, 0.3) is 11.1 Å². The van der Waals surface area contributed by atoms with Gasteiger partial charge in [0.15, 0.2) is 0 Å². The van der Waals surface area contributed by atoms with Gasteiger partial charge in [-0.15, -0.1) is 0 Å². The molecule has 0 bridgehead atoms. The lowest BCUT2D eigenvalue weighted by molar-refractivity contribution is -0.140. The Hall–Kier alpha value is -3.35. The fourth-order valence-electron chi connectivity index (χ4n) is 6.14. The number of rotatable bonds is 7. The highest BCUT2D eigenvalue weighted by Crippen LogP contribution is 2.44. The lowest BCUT2D eigenvalue weighted by atomic mass is 9.98. The number of likely N-dealkylation sites (tertiary alicyclic amines) is 1. The third kappa shape index (κ3) is 5.04. The zero-order chi connectivity index (χ0) is 24.4. The third-order valence-corrected chi connectivity index (χ3v) is 7.78. The number of amides is 2. The molecule has 35 heavy (non-hydrogen) atoms. The van der Waals surface area contributed by atoms with Gasteiger partial charge >= 0.3 is 12.1 Å². The van der Waals surface area contributed by atoms with Gasteiger partial charge in [-0.3, -0.25) is 9.59 Å². The molecule has 1 saturated carbocycles. The topological polar surface area (TPSA) is 95.9 Å². The number of benzene rings is 2. The summed E-state index contributed by atoms with van der Waals surface area (Å²) >= 11 is 0. The van der Waals surface area contributed by atoms with Crippen molar-refractivity contribution in [1.29, 1.82) is 0 Å². The van der Waals surface area contributed by atoms with Crippen LogP contribution in [0, 0.1) is 5.92 Å². The third-order valence-electron chi connectivity index (χ3n) is 7.78. The molecule has 0 unspecified atom stereocenters. The molecular weight excluding hydrogens is 444 g/mol. The molecule has 5 rings (SSSR count). The molecule has 0 aromatic heterocycles. The number of fused-ring (bicyclic) bond motifs is 3. The molecule has 2 fully saturated rings. The lowest BCUT2D eigenvalue weighted by Gasteiger charge is -2.25. The Morgan fingerprint density at radius 2 is 1.63 bits per heavy atom. The summed E-state index contributed by atoms with van der Waals surface area (Å²) in [5, 5.41) is 12.1. The molecule has 2 amide bonds. The van der Waals surface area contributed by atoms with Crippen LogP contribution in [0.4, 0.5) is 4.79 Å². The second-order valence-corrected chi connectivity index (χ2v) is 10.0. The number of hydrogen-bond donors (Lipinski definition) is 2. The molecule has 7 nitrogen and oxygen atoms in total. The van der Waals surface area contributed by atoms with E-state index in [1.165, 1.54) is 22.3 Å². The van der Waals surface area contributed by atoms with E-state index in [0.29, 0.717) is 13.0 Å². The molecule has 1 saturated heterocycles. The van der Waals surface area contributed by atoms with Crippen LogP contribution in [0.1, 0.15) is 62.0 Å².